The molecule has 0 aliphatic rings. The number of imidazole rings is 1. The Morgan fingerprint density at radius 3 is 2.67 bits per heavy atom. The first-order valence-corrected chi connectivity index (χ1v) is 8.92. The second-order valence-electron chi connectivity index (χ2n) is 5.12. The van der Waals surface area contributed by atoms with E-state index in [1.165, 1.54) is 30.3 Å². The van der Waals surface area contributed by atoms with Gasteiger partial charge in [-0.3, -0.25) is 4.98 Å². The van der Waals surface area contributed by atoms with Crippen molar-refractivity contribution in [2.75, 3.05) is 19.0 Å². The van der Waals surface area contributed by atoms with E-state index >= 15 is 0 Å². The van der Waals surface area contributed by atoms with Gasteiger partial charge >= 0.3 is 11.3 Å². The van der Waals surface area contributed by atoms with E-state index in [2.05, 4.69) is 19.9 Å². The molecule has 6 nitrogen and oxygen atoms in total. The first-order valence-electron chi connectivity index (χ1n) is 6.66. The number of thiophene rings is 1. The average Bonchev–Trinajstić information content (AvgIpc) is 3.07. The van der Waals surface area contributed by atoms with Crippen LogP contribution in [0.5, 0.6) is 0 Å². The van der Waals surface area contributed by atoms with Crippen LogP contribution < -0.4 is 4.90 Å². The van der Waals surface area contributed by atoms with E-state index in [0.717, 1.165) is 11.7 Å². The summed E-state index contributed by atoms with van der Waals surface area (Å²) in [6.45, 7) is 0. The summed E-state index contributed by atoms with van der Waals surface area (Å²) in [5.41, 5.74) is 0.538. The predicted molar refractivity (Wildman–Crippen MR) is 85.4 cm³/mol. The number of aromatic amines is 1. The number of alkyl halides is 3. The number of hydrogen-bond acceptors (Lipinski definition) is 6. The number of H-pyrrole nitrogens is 1. The quantitative estimate of drug-likeness (QED) is 0.709. The van der Waals surface area contributed by atoms with E-state index in [4.69, 9.17) is 0 Å². The number of hydrogen-bond donors (Lipinski definition) is 1. The Hall–Kier alpha value is -1.85. The molecule has 128 valence electrons. The zero-order chi connectivity index (χ0) is 17.5. The van der Waals surface area contributed by atoms with Crippen LogP contribution in [0.4, 0.5) is 19.0 Å². The van der Waals surface area contributed by atoms with E-state index in [1.54, 1.807) is 0 Å². The van der Waals surface area contributed by atoms with E-state index in [0.29, 0.717) is 5.52 Å². The highest BCUT2D eigenvalue weighted by Gasteiger charge is 2.36. The van der Waals surface area contributed by atoms with Gasteiger partial charge in [0.15, 0.2) is 11.6 Å². The Labute approximate surface area is 141 Å². The summed E-state index contributed by atoms with van der Waals surface area (Å²) < 4.78 is 51.3. The summed E-state index contributed by atoms with van der Waals surface area (Å²) in [5, 5.41) is 3.90. The molecule has 24 heavy (non-hydrogen) atoms. The Bertz CT molecular complexity index is 832. The van der Waals surface area contributed by atoms with Crippen molar-refractivity contribution in [3.63, 3.8) is 0 Å². The highest BCUT2D eigenvalue weighted by Crippen LogP contribution is 2.34. The van der Waals surface area contributed by atoms with Gasteiger partial charge in [-0.2, -0.15) is 18.2 Å². The van der Waals surface area contributed by atoms with Crippen LogP contribution in [0.15, 0.2) is 22.1 Å². The lowest BCUT2D eigenvalue weighted by atomic mass is 10.3. The lowest BCUT2D eigenvalue weighted by Crippen LogP contribution is -2.20. The van der Waals surface area contributed by atoms with Gasteiger partial charge in [0.2, 0.25) is 0 Å². The van der Waals surface area contributed by atoms with E-state index < -0.39 is 22.9 Å². The molecule has 0 amide bonds. The fraction of sp³-hybridized carbons (Fsp3) is 0.308. The largest absolute Gasteiger partial charge is 0.609 e. The maximum absolute atomic E-state index is 13.0. The van der Waals surface area contributed by atoms with Crippen molar-refractivity contribution in [3.05, 3.63) is 28.3 Å². The van der Waals surface area contributed by atoms with E-state index in [9.17, 15) is 17.7 Å². The van der Waals surface area contributed by atoms with Crippen molar-refractivity contribution in [2.45, 2.75) is 17.1 Å². The van der Waals surface area contributed by atoms with Crippen LogP contribution in [-0.2, 0) is 23.1 Å². The molecule has 0 bridgehead atoms. The van der Waals surface area contributed by atoms with Crippen molar-refractivity contribution in [1.82, 2.24) is 19.9 Å². The minimum Gasteiger partial charge on any atom is -0.609 e. The van der Waals surface area contributed by atoms with Crippen molar-refractivity contribution >= 4 is 39.4 Å². The summed E-state index contributed by atoms with van der Waals surface area (Å²) in [7, 11) is 2.91. The van der Waals surface area contributed by atoms with Gasteiger partial charge in [-0.15, -0.1) is 11.3 Å². The minimum atomic E-state index is -4.55. The molecule has 11 heteroatoms. The summed E-state index contributed by atoms with van der Waals surface area (Å²) in [6, 6.07) is 0. The monoisotopic (exact) mass is 375 g/mol. The first-order chi connectivity index (χ1) is 11.3. The number of aromatic nitrogens is 4. The van der Waals surface area contributed by atoms with Crippen molar-refractivity contribution in [3.8, 4) is 0 Å². The van der Waals surface area contributed by atoms with Gasteiger partial charge < -0.3 is 9.45 Å². The highest BCUT2D eigenvalue weighted by molar-refractivity contribution is 7.90. The number of halogens is 3. The molecule has 0 aromatic carbocycles. The lowest BCUT2D eigenvalue weighted by Gasteiger charge is -2.18. The minimum absolute atomic E-state index is 0.0592. The molecule has 1 unspecified atom stereocenters. The fourth-order valence-electron chi connectivity index (χ4n) is 2.03. The molecule has 1 N–H and O–H groups in total. The Morgan fingerprint density at radius 2 is 2.04 bits per heavy atom. The normalized spacial score (nSPS) is 13.4. The number of nitrogens with one attached hydrogen (secondary N) is 1. The molecule has 3 aromatic rings. The number of nitrogens with zero attached hydrogens (tertiary/aromatic N) is 4. The van der Waals surface area contributed by atoms with Crippen molar-refractivity contribution in [2.24, 2.45) is 0 Å². The van der Waals surface area contributed by atoms with Gasteiger partial charge in [-0.05, 0) is 0 Å². The standard InChI is InChI=1S/C13H12F3N5OS2/c1-21(2)11-7(13(14,15)16)3-17-10(20-11)6-24(22)12-18-8-4-23-5-9(8)19-12/h3-5H,6H2,1-2H3,(H,18,19). The maximum atomic E-state index is 13.0. The van der Waals surface area contributed by atoms with Gasteiger partial charge in [0.1, 0.15) is 16.9 Å². The second kappa shape index (κ2) is 6.22. The van der Waals surface area contributed by atoms with Gasteiger partial charge in [0, 0.05) is 42.2 Å². The van der Waals surface area contributed by atoms with Crippen molar-refractivity contribution in [1.29, 1.82) is 0 Å². The predicted octanol–water partition coefficient (Wildman–Crippen LogP) is 2.81. The zero-order valence-corrected chi connectivity index (χ0v) is 14.2. The smallest absolute Gasteiger partial charge is 0.421 e. The van der Waals surface area contributed by atoms with Crippen LogP contribution in [0.3, 0.4) is 0 Å². The summed E-state index contributed by atoms with van der Waals surface area (Å²) in [5.74, 6) is -0.327. The van der Waals surface area contributed by atoms with Crippen LogP contribution >= 0.6 is 11.3 Å². The summed E-state index contributed by atoms with van der Waals surface area (Å²) >= 11 is -0.118. The summed E-state index contributed by atoms with van der Waals surface area (Å²) in [4.78, 5) is 16.0. The molecule has 0 spiro atoms. The maximum Gasteiger partial charge on any atom is 0.421 e. The highest BCUT2D eigenvalue weighted by atomic mass is 32.2. The lowest BCUT2D eigenvalue weighted by molar-refractivity contribution is -0.137. The fourth-order valence-corrected chi connectivity index (χ4v) is 3.66. The molecule has 0 saturated carbocycles. The molecule has 0 fully saturated rings. The summed E-state index contributed by atoms with van der Waals surface area (Å²) in [6.07, 6.45) is -3.84. The van der Waals surface area contributed by atoms with Crippen LogP contribution in [0.1, 0.15) is 11.4 Å². The molecular formula is C13H12F3N5OS2. The van der Waals surface area contributed by atoms with Gasteiger partial charge in [0.25, 0.3) is 0 Å². The number of rotatable bonds is 4. The molecule has 0 aliphatic carbocycles. The third-order valence-corrected chi connectivity index (χ3v) is 5.00. The molecule has 3 heterocycles. The molecule has 0 aliphatic heterocycles. The molecule has 3 aromatic heterocycles. The van der Waals surface area contributed by atoms with Gasteiger partial charge in [-0.25, -0.2) is 9.97 Å². The van der Waals surface area contributed by atoms with Crippen LogP contribution in [-0.4, -0.2) is 38.6 Å². The van der Waals surface area contributed by atoms with Gasteiger partial charge in [0.05, 0.1) is 5.52 Å². The molecule has 0 radical (unpaired) electrons. The van der Waals surface area contributed by atoms with Crippen LogP contribution in [0.25, 0.3) is 11.0 Å². The third kappa shape index (κ3) is 3.32. The molecule has 3 rings (SSSR count). The Balaban J connectivity index is 1.86. The first kappa shape index (κ1) is 17.0. The molecule has 0 saturated heterocycles. The molecule has 1 atom stereocenters. The number of fused-ring (bicyclic) bond motifs is 1. The van der Waals surface area contributed by atoms with Crippen LogP contribution in [0.2, 0.25) is 0 Å². The second-order valence-corrected chi connectivity index (χ2v) is 7.23. The SMILES string of the molecule is CN(C)c1nc(C[S+]([O-])c2nc3cscc3[nH]2)ncc1C(F)(F)F. The number of anilines is 1. The average molecular weight is 375 g/mol. The Morgan fingerprint density at radius 1 is 1.29 bits per heavy atom. The Kier molecular flexibility index (Phi) is 4.40. The zero-order valence-electron chi connectivity index (χ0n) is 12.6. The van der Waals surface area contributed by atoms with Gasteiger partial charge in [-0.1, -0.05) is 0 Å². The topological polar surface area (TPSA) is 80.8 Å². The van der Waals surface area contributed by atoms with E-state index in [-0.39, 0.29) is 22.6 Å². The van der Waals surface area contributed by atoms with E-state index in [1.807, 2.05) is 10.8 Å². The third-order valence-electron chi connectivity index (χ3n) is 3.13. The molecular weight excluding hydrogens is 363 g/mol. The van der Waals surface area contributed by atoms with Crippen molar-refractivity contribution < 1.29 is 17.7 Å². The van der Waals surface area contributed by atoms with Crippen LogP contribution in [0, 0.1) is 0 Å².